The fourth-order valence-corrected chi connectivity index (χ4v) is 5.87. The number of aryl methyl sites for hydroxylation is 2. The van der Waals surface area contributed by atoms with Gasteiger partial charge in [-0.05, 0) is 43.4 Å². The molecule has 0 unspecified atom stereocenters. The molecule has 1 aliphatic carbocycles. The van der Waals surface area contributed by atoms with E-state index in [9.17, 15) is 14.0 Å². The molecule has 3 aromatic rings. The largest absolute Gasteiger partial charge is 0.497 e. The van der Waals surface area contributed by atoms with Crippen molar-refractivity contribution in [1.82, 2.24) is 9.55 Å². The third kappa shape index (κ3) is 3.81. The normalized spacial score (nSPS) is 13.3. The van der Waals surface area contributed by atoms with E-state index in [1.807, 2.05) is 0 Å². The van der Waals surface area contributed by atoms with Crippen molar-refractivity contribution in [2.45, 2.75) is 37.4 Å². The average Bonchev–Trinajstić information content (AvgIpc) is 3.12. The van der Waals surface area contributed by atoms with Gasteiger partial charge in [-0.15, -0.1) is 17.9 Å². The van der Waals surface area contributed by atoms with E-state index in [2.05, 4.69) is 6.58 Å². The molecular formula is C22H21FN2O3S2. The van der Waals surface area contributed by atoms with Crippen molar-refractivity contribution in [3.63, 3.8) is 0 Å². The summed E-state index contributed by atoms with van der Waals surface area (Å²) in [6, 6.07) is 4.15. The molecule has 4 rings (SSSR count). The Balaban J connectivity index is 1.66. The molecule has 0 fully saturated rings. The number of nitrogens with zero attached hydrogens (tertiary/aromatic N) is 2. The predicted octanol–water partition coefficient (Wildman–Crippen LogP) is 4.65. The highest BCUT2D eigenvalue weighted by Crippen LogP contribution is 2.34. The average molecular weight is 445 g/mol. The first kappa shape index (κ1) is 20.8. The summed E-state index contributed by atoms with van der Waals surface area (Å²) in [5, 5.41) is 1.15. The van der Waals surface area contributed by atoms with Gasteiger partial charge < -0.3 is 4.74 Å². The van der Waals surface area contributed by atoms with Gasteiger partial charge in [0.05, 0.1) is 23.8 Å². The van der Waals surface area contributed by atoms with E-state index < -0.39 is 5.82 Å². The lowest BCUT2D eigenvalue weighted by Crippen LogP contribution is -2.23. The Bertz CT molecular complexity index is 1200. The second-order valence-corrected chi connectivity index (χ2v) is 9.07. The molecule has 0 atom stereocenters. The number of benzene rings is 1. The van der Waals surface area contributed by atoms with E-state index >= 15 is 0 Å². The maximum atomic E-state index is 14.2. The molecule has 1 aromatic carbocycles. The van der Waals surface area contributed by atoms with Crippen molar-refractivity contribution in [2.24, 2.45) is 0 Å². The quantitative estimate of drug-likeness (QED) is 0.230. The summed E-state index contributed by atoms with van der Waals surface area (Å²) < 4.78 is 20.8. The number of thioether (sulfide) groups is 1. The first-order valence-electron chi connectivity index (χ1n) is 9.69. The van der Waals surface area contributed by atoms with Gasteiger partial charge in [0.25, 0.3) is 5.56 Å². The van der Waals surface area contributed by atoms with Crippen LogP contribution in [0.1, 0.15) is 33.6 Å². The zero-order chi connectivity index (χ0) is 21.3. The minimum Gasteiger partial charge on any atom is -0.497 e. The Hall–Kier alpha value is -2.45. The molecule has 0 radical (unpaired) electrons. The van der Waals surface area contributed by atoms with Crippen molar-refractivity contribution in [1.29, 1.82) is 0 Å². The Morgan fingerprint density at radius 3 is 2.93 bits per heavy atom. The highest BCUT2D eigenvalue weighted by atomic mass is 32.2. The number of carbonyl (C=O) groups is 1. The standard InChI is InChI=1S/C22H21FN2O3S2/c1-3-10-25-21(27)19-15-6-4-5-7-18(15)30-20(19)24-22(25)29-12-17(26)14-9-8-13(28-2)11-16(14)23/h3,8-9,11H,1,4-7,10,12H2,2H3. The van der Waals surface area contributed by atoms with Crippen molar-refractivity contribution in [3.8, 4) is 5.75 Å². The minimum atomic E-state index is -0.627. The Labute approximate surface area is 181 Å². The van der Waals surface area contributed by atoms with Crippen molar-refractivity contribution >= 4 is 39.1 Å². The first-order valence-corrected chi connectivity index (χ1v) is 11.5. The number of halogens is 1. The van der Waals surface area contributed by atoms with Crippen LogP contribution < -0.4 is 10.3 Å². The zero-order valence-electron chi connectivity index (χ0n) is 16.6. The number of ether oxygens (including phenoxy) is 1. The van der Waals surface area contributed by atoms with Gasteiger partial charge in [0.2, 0.25) is 0 Å². The van der Waals surface area contributed by atoms with Crippen LogP contribution >= 0.6 is 23.1 Å². The molecule has 0 spiro atoms. The van der Waals surface area contributed by atoms with E-state index in [0.29, 0.717) is 22.8 Å². The fraction of sp³-hybridized carbons (Fsp3) is 0.318. The molecule has 2 heterocycles. The Morgan fingerprint density at radius 1 is 1.40 bits per heavy atom. The molecule has 0 N–H and O–H groups in total. The van der Waals surface area contributed by atoms with Crippen LogP contribution in [0, 0.1) is 5.82 Å². The lowest BCUT2D eigenvalue weighted by Gasteiger charge is -2.12. The van der Waals surface area contributed by atoms with Crippen LogP contribution in [0.25, 0.3) is 10.2 Å². The smallest absolute Gasteiger partial charge is 0.263 e. The molecule has 8 heteroatoms. The van der Waals surface area contributed by atoms with E-state index in [4.69, 9.17) is 9.72 Å². The number of Topliss-reactive ketones (excluding diaryl/α,β-unsaturated/α-hetero) is 1. The molecule has 0 saturated heterocycles. The lowest BCUT2D eigenvalue weighted by molar-refractivity contribution is 0.101. The van der Waals surface area contributed by atoms with E-state index in [1.54, 1.807) is 28.0 Å². The van der Waals surface area contributed by atoms with Crippen LogP contribution in [0.3, 0.4) is 0 Å². The molecule has 0 bridgehead atoms. The molecule has 30 heavy (non-hydrogen) atoms. The Kier molecular flexibility index (Phi) is 6.06. The number of allylic oxidation sites excluding steroid dienone is 1. The number of rotatable bonds is 7. The number of ketones is 1. The molecular weight excluding hydrogens is 423 g/mol. The van der Waals surface area contributed by atoms with Crippen molar-refractivity contribution in [3.05, 3.63) is 63.0 Å². The van der Waals surface area contributed by atoms with Crippen molar-refractivity contribution < 1.29 is 13.9 Å². The van der Waals surface area contributed by atoms with Crippen LogP contribution in [0.15, 0.2) is 40.8 Å². The van der Waals surface area contributed by atoms with Gasteiger partial charge in [0.1, 0.15) is 16.4 Å². The highest BCUT2D eigenvalue weighted by molar-refractivity contribution is 7.99. The number of thiophene rings is 1. The Morgan fingerprint density at radius 2 is 2.20 bits per heavy atom. The van der Waals surface area contributed by atoms with E-state index in [1.165, 1.54) is 24.1 Å². The highest BCUT2D eigenvalue weighted by Gasteiger charge is 2.22. The second kappa shape index (κ2) is 8.73. The van der Waals surface area contributed by atoms with Gasteiger partial charge in [-0.25, -0.2) is 9.37 Å². The zero-order valence-corrected chi connectivity index (χ0v) is 18.2. The van der Waals surface area contributed by atoms with Crippen LogP contribution in [0.5, 0.6) is 5.75 Å². The molecule has 1 aliphatic rings. The number of hydrogen-bond acceptors (Lipinski definition) is 6. The van der Waals surface area contributed by atoms with Crippen LogP contribution in [-0.2, 0) is 19.4 Å². The van der Waals surface area contributed by atoms with Gasteiger partial charge in [0.15, 0.2) is 10.9 Å². The fourth-order valence-electron chi connectivity index (χ4n) is 3.68. The molecule has 0 aliphatic heterocycles. The van der Waals surface area contributed by atoms with E-state index in [0.717, 1.165) is 47.8 Å². The van der Waals surface area contributed by atoms with Crippen LogP contribution in [0.4, 0.5) is 4.39 Å². The second-order valence-electron chi connectivity index (χ2n) is 7.05. The SMILES string of the molecule is C=CCn1c(SCC(=O)c2ccc(OC)cc2F)nc2sc3c(c2c1=O)CCCC3. The maximum absolute atomic E-state index is 14.2. The molecule has 0 saturated carbocycles. The van der Waals surface area contributed by atoms with Crippen LogP contribution in [0.2, 0.25) is 0 Å². The van der Waals surface area contributed by atoms with Gasteiger partial charge >= 0.3 is 0 Å². The minimum absolute atomic E-state index is 0.00594. The first-order chi connectivity index (χ1) is 14.5. The summed E-state index contributed by atoms with van der Waals surface area (Å²) in [5.41, 5.74) is 1.03. The summed E-state index contributed by atoms with van der Waals surface area (Å²) in [7, 11) is 1.44. The van der Waals surface area contributed by atoms with Crippen LogP contribution in [-0.4, -0.2) is 28.2 Å². The number of aromatic nitrogens is 2. The van der Waals surface area contributed by atoms with Gasteiger partial charge in [-0.1, -0.05) is 17.8 Å². The number of methoxy groups -OCH3 is 1. The number of hydrogen-bond donors (Lipinski definition) is 0. The third-order valence-corrected chi connectivity index (χ3v) is 7.32. The monoisotopic (exact) mass is 444 g/mol. The maximum Gasteiger partial charge on any atom is 0.263 e. The number of fused-ring (bicyclic) bond motifs is 3. The van der Waals surface area contributed by atoms with Gasteiger partial charge in [0, 0.05) is 17.5 Å². The predicted molar refractivity (Wildman–Crippen MR) is 119 cm³/mol. The summed E-state index contributed by atoms with van der Waals surface area (Å²) in [6.45, 7) is 4.05. The lowest BCUT2D eigenvalue weighted by atomic mass is 9.97. The molecule has 0 amide bonds. The van der Waals surface area contributed by atoms with E-state index in [-0.39, 0.29) is 22.7 Å². The molecule has 5 nitrogen and oxygen atoms in total. The van der Waals surface area contributed by atoms with Crippen molar-refractivity contribution in [2.75, 3.05) is 12.9 Å². The van der Waals surface area contributed by atoms with Gasteiger partial charge in [-0.2, -0.15) is 0 Å². The summed E-state index contributed by atoms with van der Waals surface area (Å²) in [6.07, 6.45) is 5.74. The molecule has 2 aromatic heterocycles. The van der Waals surface area contributed by atoms with Gasteiger partial charge in [-0.3, -0.25) is 14.2 Å². The third-order valence-electron chi connectivity index (χ3n) is 5.16. The summed E-state index contributed by atoms with van der Waals surface area (Å²) >= 11 is 2.72. The summed E-state index contributed by atoms with van der Waals surface area (Å²) in [5.74, 6) is -0.670. The number of carbonyl (C=O) groups excluding carboxylic acids is 1. The molecule has 156 valence electrons. The topological polar surface area (TPSA) is 61.2 Å². The summed E-state index contributed by atoms with van der Waals surface area (Å²) in [4.78, 5) is 32.5.